The van der Waals surface area contributed by atoms with Gasteiger partial charge >= 0.3 is 0 Å². The second-order valence-corrected chi connectivity index (χ2v) is 12.0. The molecule has 4 aromatic rings. The van der Waals surface area contributed by atoms with Crippen molar-refractivity contribution in [3.05, 3.63) is 72.1 Å². The van der Waals surface area contributed by atoms with Crippen molar-refractivity contribution in [1.82, 2.24) is 5.48 Å². The molecule has 0 fully saturated rings. The van der Waals surface area contributed by atoms with Gasteiger partial charge in [-0.2, -0.15) is 0 Å². The molecule has 0 radical (unpaired) electrons. The predicted molar refractivity (Wildman–Crippen MR) is 139 cm³/mol. The van der Waals surface area contributed by atoms with E-state index in [1.165, 1.54) is 25.7 Å². The quantitative estimate of drug-likeness (QED) is 0.140. The molecule has 9 heteroatoms. The molecule has 0 saturated carbocycles. The Morgan fingerprint density at radius 3 is 2.41 bits per heavy atom. The van der Waals surface area contributed by atoms with Gasteiger partial charge in [-0.05, 0) is 59.5 Å². The molecule has 0 aliphatic carbocycles. The number of hydroxylamine groups is 1. The molecule has 0 saturated heterocycles. The van der Waals surface area contributed by atoms with Crippen LogP contribution in [0.1, 0.15) is 32.1 Å². The highest BCUT2D eigenvalue weighted by atomic mass is 32.2. The van der Waals surface area contributed by atoms with Crippen molar-refractivity contribution < 1.29 is 18.4 Å². The van der Waals surface area contributed by atoms with Crippen LogP contribution in [-0.4, -0.2) is 26.1 Å². The third-order valence-electron chi connectivity index (χ3n) is 5.54. The first-order chi connectivity index (χ1) is 16.5. The van der Waals surface area contributed by atoms with Gasteiger partial charge in [0.25, 0.3) is 10.0 Å². The lowest BCUT2D eigenvalue weighted by Gasteiger charge is -2.24. The molecule has 4 rings (SSSR count). The Morgan fingerprint density at radius 2 is 1.71 bits per heavy atom. The van der Waals surface area contributed by atoms with Crippen molar-refractivity contribution in [2.75, 3.05) is 10.8 Å². The van der Waals surface area contributed by atoms with Gasteiger partial charge in [-0.15, -0.1) is 22.7 Å². The van der Waals surface area contributed by atoms with E-state index in [1.807, 2.05) is 36.4 Å². The number of sulfonamides is 1. The summed E-state index contributed by atoms with van der Waals surface area (Å²) in [5.74, 6) is -0.402. The van der Waals surface area contributed by atoms with Crippen LogP contribution in [0.4, 0.5) is 5.69 Å². The Morgan fingerprint density at radius 1 is 0.941 bits per heavy atom. The summed E-state index contributed by atoms with van der Waals surface area (Å²) in [5, 5.41) is 11.5. The van der Waals surface area contributed by atoms with Crippen LogP contribution < -0.4 is 9.79 Å². The van der Waals surface area contributed by atoms with E-state index in [4.69, 9.17) is 5.21 Å². The lowest BCUT2D eigenvalue weighted by molar-refractivity contribution is -0.129. The minimum Gasteiger partial charge on any atom is -0.289 e. The van der Waals surface area contributed by atoms with Crippen LogP contribution in [0.25, 0.3) is 20.5 Å². The van der Waals surface area contributed by atoms with E-state index in [0.29, 0.717) is 29.3 Å². The largest absolute Gasteiger partial charge is 0.289 e. The maximum atomic E-state index is 13.4. The highest BCUT2D eigenvalue weighted by molar-refractivity contribution is 7.94. The van der Waals surface area contributed by atoms with Crippen molar-refractivity contribution in [1.29, 1.82) is 0 Å². The van der Waals surface area contributed by atoms with Crippen LogP contribution >= 0.6 is 22.7 Å². The van der Waals surface area contributed by atoms with Gasteiger partial charge in [-0.1, -0.05) is 49.2 Å². The summed E-state index contributed by atoms with van der Waals surface area (Å²) in [6.45, 7) is 0.356. The van der Waals surface area contributed by atoms with Gasteiger partial charge in [-0.3, -0.25) is 14.3 Å². The number of unbranched alkanes of at least 4 members (excludes halogenated alkanes) is 3. The molecule has 2 aromatic heterocycles. The normalized spacial score (nSPS) is 11.6. The lowest BCUT2D eigenvalue weighted by atomic mass is 10.1. The molecule has 2 N–H and O–H groups in total. The first-order valence-electron chi connectivity index (χ1n) is 11.1. The number of fused-ring (bicyclic) bond motifs is 1. The number of carbonyl (C=O) groups excluding carboxylic acids is 1. The second-order valence-electron chi connectivity index (χ2n) is 7.90. The second kappa shape index (κ2) is 11.1. The van der Waals surface area contributed by atoms with E-state index in [-0.39, 0.29) is 6.42 Å². The van der Waals surface area contributed by atoms with Crippen LogP contribution in [0, 0.1) is 0 Å². The van der Waals surface area contributed by atoms with Gasteiger partial charge in [0, 0.05) is 22.5 Å². The summed E-state index contributed by atoms with van der Waals surface area (Å²) in [5.41, 5.74) is 3.32. The maximum Gasteiger partial charge on any atom is 0.273 e. The number of thiophene rings is 2. The third kappa shape index (κ3) is 5.67. The lowest BCUT2D eigenvalue weighted by Crippen LogP contribution is -2.31. The van der Waals surface area contributed by atoms with Crippen LogP contribution in [0.2, 0.25) is 0 Å². The van der Waals surface area contributed by atoms with Crippen molar-refractivity contribution >= 4 is 54.4 Å². The summed E-state index contributed by atoms with van der Waals surface area (Å²) in [6, 6.07) is 21.5. The molecular weight excluding hydrogens is 488 g/mol. The fourth-order valence-electron chi connectivity index (χ4n) is 3.77. The molecule has 0 spiro atoms. The zero-order valence-corrected chi connectivity index (χ0v) is 21.0. The van der Waals surface area contributed by atoms with E-state index in [9.17, 15) is 13.2 Å². The van der Waals surface area contributed by atoms with E-state index in [2.05, 4.69) is 18.2 Å². The van der Waals surface area contributed by atoms with E-state index < -0.39 is 15.9 Å². The van der Waals surface area contributed by atoms with Gasteiger partial charge in [0.1, 0.15) is 4.21 Å². The number of benzene rings is 2. The smallest absolute Gasteiger partial charge is 0.273 e. The highest BCUT2D eigenvalue weighted by Crippen LogP contribution is 2.35. The zero-order chi connectivity index (χ0) is 24.0. The van der Waals surface area contributed by atoms with Gasteiger partial charge in [-0.25, -0.2) is 13.9 Å². The van der Waals surface area contributed by atoms with Crippen LogP contribution in [0.15, 0.2) is 76.3 Å². The minimum absolute atomic E-state index is 0.257. The summed E-state index contributed by atoms with van der Waals surface area (Å²) in [7, 11) is -3.66. The van der Waals surface area contributed by atoms with E-state index in [0.717, 1.165) is 23.3 Å². The summed E-state index contributed by atoms with van der Waals surface area (Å²) in [6.07, 6.45) is 3.14. The van der Waals surface area contributed by atoms with E-state index >= 15 is 0 Å². The molecule has 0 atom stereocenters. The van der Waals surface area contributed by atoms with Crippen LogP contribution in [-0.2, 0) is 14.8 Å². The topological polar surface area (TPSA) is 86.7 Å². The fraction of sp³-hybridized carbons (Fsp3) is 0.240. The number of rotatable bonds is 11. The Hall–Kier alpha value is -2.72. The number of anilines is 1. The first kappa shape index (κ1) is 24.4. The van der Waals surface area contributed by atoms with Gasteiger partial charge < -0.3 is 0 Å². The Labute approximate surface area is 207 Å². The maximum absolute atomic E-state index is 13.4. The Balaban J connectivity index is 1.50. The van der Waals surface area contributed by atoms with E-state index in [1.54, 1.807) is 34.3 Å². The molecule has 0 bridgehead atoms. The van der Waals surface area contributed by atoms with Crippen molar-refractivity contribution in [2.24, 2.45) is 0 Å². The molecule has 6 nitrogen and oxygen atoms in total. The predicted octanol–water partition coefficient (Wildman–Crippen LogP) is 6.28. The van der Waals surface area contributed by atoms with Crippen LogP contribution in [0.3, 0.4) is 0 Å². The van der Waals surface area contributed by atoms with Gasteiger partial charge in [0.05, 0.1) is 5.69 Å². The number of hydrogen-bond donors (Lipinski definition) is 2. The molecule has 1 amide bonds. The number of amides is 1. The standard InChI is InChI=1S/C25H26N2O4S3/c28-24(26-29)10-3-1-2-6-16-27(34(30,31)25-11-7-17-32-25)21-14-12-19(13-15-21)23-18-20-8-4-5-9-22(20)33-23/h4-5,7-9,11-15,17-18,29H,1-3,6,10,16H2,(H,26,28). The van der Waals surface area contributed by atoms with Crippen molar-refractivity contribution in [2.45, 2.75) is 36.3 Å². The molecule has 2 heterocycles. The molecule has 34 heavy (non-hydrogen) atoms. The molecule has 0 aliphatic heterocycles. The SMILES string of the molecule is O=C(CCCCCCN(c1ccc(-c2cc3ccccc3s2)cc1)S(=O)(=O)c1cccs1)NO. The minimum atomic E-state index is -3.66. The summed E-state index contributed by atoms with van der Waals surface area (Å²) in [4.78, 5) is 12.3. The summed E-state index contributed by atoms with van der Waals surface area (Å²) >= 11 is 2.93. The monoisotopic (exact) mass is 514 g/mol. The number of nitrogens with one attached hydrogen (secondary N) is 1. The zero-order valence-electron chi connectivity index (χ0n) is 18.5. The number of nitrogens with zero attached hydrogens (tertiary/aromatic N) is 1. The fourth-order valence-corrected chi connectivity index (χ4v) is 7.45. The number of carbonyl (C=O) groups is 1. The first-order valence-corrected chi connectivity index (χ1v) is 14.2. The Bertz CT molecular complexity index is 1300. The molecule has 0 aliphatic rings. The Kier molecular flexibility index (Phi) is 7.99. The highest BCUT2D eigenvalue weighted by Gasteiger charge is 2.25. The third-order valence-corrected chi connectivity index (χ3v) is 9.91. The van der Waals surface area contributed by atoms with Gasteiger partial charge in [0.15, 0.2) is 0 Å². The molecular formula is C25H26N2O4S3. The van der Waals surface area contributed by atoms with Gasteiger partial charge in [0.2, 0.25) is 5.91 Å². The van der Waals surface area contributed by atoms with Crippen molar-refractivity contribution in [3.63, 3.8) is 0 Å². The average molecular weight is 515 g/mol. The molecule has 2 aromatic carbocycles. The van der Waals surface area contributed by atoms with Crippen LogP contribution in [0.5, 0.6) is 0 Å². The summed E-state index contributed by atoms with van der Waals surface area (Å²) < 4.78 is 29.8. The average Bonchev–Trinajstić information content (AvgIpc) is 3.54. The van der Waals surface area contributed by atoms with Crippen molar-refractivity contribution in [3.8, 4) is 10.4 Å². The molecule has 0 unspecified atom stereocenters. The molecule has 178 valence electrons. The number of hydrogen-bond acceptors (Lipinski definition) is 6.